The maximum Gasteiger partial charge on any atom is 0.219 e. The number of piperidine rings is 1. The van der Waals surface area contributed by atoms with Crippen molar-refractivity contribution in [3.05, 3.63) is 59.2 Å². The molecule has 1 amide bonds. The summed E-state index contributed by atoms with van der Waals surface area (Å²) in [7, 11) is -3.81. The number of amides is 1. The second kappa shape index (κ2) is 9.87. The van der Waals surface area contributed by atoms with Crippen LogP contribution in [0.4, 0.5) is 8.78 Å². The largest absolute Gasteiger partial charge is 0.343 e. The minimum atomic E-state index is -3.81. The molecule has 9 heteroatoms. The number of nitrogens with zero attached hydrogens (tertiary/aromatic N) is 1. The summed E-state index contributed by atoms with van der Waals surface area (Å²) in [5.74, 6) is -2.46. The van der Waals surface area contributed by atoms with Gasteiger partial charge >= 0.3 is 0 Å². The van der Waals surface area contributed by atoms with Crippen LogP contribution in [0.3, 0.4) is 0 Å². The smallest absolute Gasteiger partial charge is 0.219 e. The van der Waals surface area contributed by atoms with Crippen LogP contribution in [-0.4, -0.2) is 50.4 Å². The molecule has 2 aromatic rings. The molecule has 0 radical (unpaired) electrons. The molecule has 2 aromatic carbocycles. The third kappa shape index (κ3) is 5.98. The molecule has 1 fully saturated rings. The Morgan fingerprint density at radius 3 is 2.59 bits per heavy atom. The Morgan fingerprint density at radius 2 is 1.91 bits per heavy atom. The predicted octanol–water partition coefficient (Wildman–Crippen LogP) is 3.30. The SMILES string of the molecule is CC(=O)N1CCCC(CS(=O)(=O)NCC(=O)c2cc(-c3cccc(F)c3)cc(C)c2F)C1. The van der Waals surface area contributed by atoms with Crippen LogP contribution in [-0.2, 0) is 14.8 Å². The van der Waals surface area contributed by atoms with Gasteiger partial charge in [-0.15, -0.1) is 0 Å². The fraction of sp³-hybridized carbons (Fsp3) is 0.391. The fourth-order valence-electron chi connectivity index (χ4n) is 3.93. The van der Waals surface area contributed by atoms with E-state index in [0.29, 0.717) is 30.6 Å². The summed E-state index contributed by atoms with van der Waals surface area (Å²) < 4.78 is 55.4. The average molecular weight is 465 g/mol. The molecule has 32 heavy (non-hydrogen) atoms. The number of ketones is 1. The number of Topliss-reactive ketones (excluding diaryl/α,β-unsaturated/α-hetero) is 1. The first-order valence-electron chi connectivity index (χ1n) is 10.4. The van der Waals surface area contributed by atoms with Crippen molar-refractivity contribution in [2.75, 3.05) is 25.4 Å². The van der Waals surface area contributed by atoms with Crippen molar-refractivity contribution in [2.45, 2.75) is 26.7 Å². The molecule has 1 unspecified atom stereocenters. The summed E-state index contributed by atoms with van der Waals surface area (Å²) in [6.45, 7) is 3.31. The van der Waals surface area contributed by atoms with Gasteiger partial charge in [0.2, 0.25) is 15.9 Å². The van der Waals surface area contributed by atoms with Crippen molar-refractivity contribution in [2.24, 2.45) is 5.92 Å². The van der Waals surface area contributed by atoms with Gasteiger partial charge in [-0.05, 0) is 66.6 Å². The Morgan fingerprint density at radius 1 is 1.16 bits per heavy atom. The van der Waals surface area contributed by atoms with Crippen molar-refractivity contribution in [1.82, 2.24) is 9.62 Å². The lowest BCUT2D eigenvalue weighted by Gasteiger charge is -2.31. The highest BCUT2D eigenvalue weighted by molar-refractivity contribution is 7.89. The minimum Gasteiger partial charge on any atom is -0.343 e. The molecule has 1 heterocycles. The number of carbonyl (C=O) groups is 2. The van der Waals surface area contributed by atoms with Crippen LogP contribution in [0.15, 0.2) is 36.4 Å². The van der Waals surface area contributed by atoms with Crippen LogP contribution < -0.4 is 4.72 Å². The lowest BCUT2D eigenvalue weighted by Crippen LogP contribution is -2.43. The Labute approximate surface area is 186 Å². The van der Waals surface area contributed by atoms with E-state index in [1.54, 1.807) is 11.0 Å². The first-order chi connectivity index (χ1) is 15.1. The Kier molecular flexibility index (Phi) is 7.40. The highest BCUT2D eigenvalue weighted by atomic mass is 32.2. The maximum absolute atomic E-state index is 14.6. The second-order valence-corrected chi connectivity index (χ2v) is 10.0. The van der Waals surface area contributed by atoms with Crippen LogP contribution in [0.2, 0.25) is 0 Å². The summed E-state index contributed by atoms with van der Waals surface area (Å²) in [4.78, 5) is 25.8. The van der Waals surface area contributed by atoms with Crippen LogP contribution in [0.1, 0.15) is 35.7 Å². The Balaban J connectivity index is 1.71. The molecule has 6 nitrogen and oxygen atoms in total. The lowest BCUT2D eigenvalue weighted by atomic mass is 9.97. The Bertz CT molecular complexity index is 1130. The number of likely N-dealkylation sites (tertiary alicyclic amines) is 1. The summed E-state index contributed by atoms with van der Waals surface area (Å²) >= 11 is 0. The van der Waals surface area contributed by atoms with Gasteiger partial charge in [0.05, 0.1) is 17.9 Å². The van der Waals surface area contributed by atoms with Gasteiger partial charge in [-0.1, -0.05) is 12.1 Å². The molecule has 1 aliphatic heterocycles. The van der Waals surface area contributed by atoms with E-state index in [4.69, 9.17) is 0 Å². The van der Waals surface area contributed by atoms with Gasteiger partial charge in [0.15, 0.2) is 5.78 Å². The second-order valence-electron chi connectivity index (χ2n) is 8.16. The van der Waals surface area contributed by atoms with Crippen LogP contribution in [0.25, 0.3) is 11.1 Å². The molecule has 1 N–H and O–H groups in total. The van der Waals surface area contributed by atoms with Gasteiger partial charge in [0.1, 0.15) is 11.6 Å². The van der Waals surface area contributed by atoms with E-state index < -0.39 is 34.0 Å². The summed E-state index contributed by atoms with van der Waals surface area (Å²) in [5, 5.41) is 0. The zero-order chi connectivity index (χ0) is 23.5. The summed E-state index contributed by atoms with van der Waals surface area (Å²) in [6.07, 6.45) is 1.39. The summed E-state index contributed by atoms with van der Waals surface area (Å²) in [5.41, 5.74) is 0.882. The average Bonchev–Trinajstić information content (AvgIpc) is 2.73. The number of halogens is 2. The highest BCUT2D eigenvalue weighted by Crippen LogP contribution is 2.26. The van der Waals surface area contributed by atoms with E-state index in [-0.39, 0.29) is 28.7 Å². The zero-order valence-electron chi connectivity index (χ0n) is 18.0. The van der Waals surface area contributed by atoms with E-state index in [2.05, 4.69) is 4.72 Å². The molecule has 1 aliphatic rings. The molecule has 0 saturated carbocycles. The number of nitrogens with one attached hydrogen (secondary N) is 1. The third-order valence-electron chi connectivity index (χ3n) is 5.58. The van der Waals surface area contributed by atoms with E-state index >= 15 is 0 Å². The molecule has 1 saturated heterocycles. The molecule has 0 aliphatic carbocycles. The maximum atomic E-state index is 14.6. The van der Waals surface area contributed by atoms with Gasteiger partial charge in [0, 0.05) is 20.0 Å². The van der Waals surface area contributed by atoms with Crippen LogP contribution >= 0.6 is 0 Å². The lowest BCUT2D eigenvalue weighted by molar-refractivity contribution is -0.130. The third-order valence-corrected chi connectivity index (χ3v) is 7.08. The Hall–Kier alpha value is -2.65. The molecular weight excluding hydrogens is 438 g/mol. The number of sulfonamides is 1. The van der Waals surface area contributed by atoms with E-state index in [9.17, 15) is 26.8 Å². The molecule has 0 spiro atoms. The number of rotatable bonds is 7. The van der Waals surface area contributed by atoms with Crippen molar-refractivity contribution in [3.63, 3.8) is 0 Å². The van der Waals surface area contributed by atoms with E-state index in [1.165, 1.54) is 44.2 Å². The number of benzene rings is 2. The number of hydrogen-bond acceptors (Lipinski definition) is 4. The monoisotopic (exact) mass is 464 g/mol. The first-order valence-corrected chi connectivity index (χ1v) is 12.0. The van der Waals surface area contributed by atoms with Gasteiger partial charge in [-0.3, -0.25) is 9.59 Å². The molecule has 1 atom stereocenters. The number of aryl methyl sites for hydroxylation is 1. The summed E-state index contributed by atoms with van der Waals surface area (Å²) in [6, 6.07) is 8.52. The normalized spacial score (nSPS) is 16.8. The molecule has 0 aromatic heterocycles. The molecule has 3 rings (SSSR count). The molecule has 0 bridgehead atoms. The first kappa shape index (κ1) is 24.0. The van der Waals surface area contributed by atoms with E-state index in [0.717, 1.165) is 6.42 Å². The van der Waals surface area contributed by atoms with Gasteiger partial charge < -0.3 is 4.90 Å². The van der Waals surface area contributed by atoms with Gasteiger partial charge in [-0.2, -0.15) is 0 Å². The topological polar surface area (TPSA) is 83.6 Å². The number of hydrogen-bond donors (Lipinski definition) is 1. The van der Waals surface area contributed by atoms with Gasteiger partial charge in [-0.25, -0.2) is 21.9 Å². The molecular formula is C23H26F2N2O4S. The van der Waals surface area contributed by atoms with Gasteiger partial charge in [0.25, 0.3) is 0 Å². The minimum absolute atomic E-state index is 0.0979. The van der Waals surface area contributed by atoms with Crippen molar-refractivity contribution < 1.29 is 26.8 Å². The standard InChI is InChI=1S/C23H26F2N2O4S/c1-15-9-19(18-6-3-7-20(24)10-18)11-21(23(15)25)22(29)12-26-32(30,31)14-17-5-4-8-27(13-17)16(2)28/h3,6-7,9-11,17,26H,4-5,8,12-14H2,1-2H3. The molecule has 172 valence electrons. The van der Waals surface area contributed by atoms with E-state index in [1.807, 2.05) is 0 Å². The fourth-order valence-corrected chi connectivity index (χ4v) is 5.30. The zero-order valence-corrected chi connectivity index (χ0v) is 18.8. The van der Waals surface area contributed by atoms with Crippen molar-refractivity contribution >= 4 is 21.7 Å². The van der Waals surface area contributed by atoms with Crippen molar-refractivity contribution in [1.29, 1.82) is 0 Å². The van der Waals surface area contributed by atoms with Crippen molar-refractivity contribution in [3.8, 4) is 11.1 Å². The van der Waals surface area contributed by atoms with Crippen LogP contribution in [0.5, 0.6) is 0 Å². The highest BCUT2D eigenvalue weighted by Gasteiger charge is 2.27. The predicted molar refractivity (Wildman–Crippen MR) is 118 cm³/mol. The van der Waals surface area contributed by atoms with Crippen LogP contribution in [0, 0.1) is 24.5 Å². The quantitative estimate of drug-likeness (QED) is 0.638. The number of carbonyl (C=O) groups excluding carboxylic acids is 2.